The van der Waals surface area contributed by atoms with Gasteiger partial charge >= 0.3 is 0 Å². The van der Waals surface area contributed by atoms with Crippen molar-refractivity contribution in [1.29, 1.82) is 0 Å². The standard InChI is InChI=1S/C19H24N2/c20-13-16-11-12-21(14-16)15-19(17-7-3-1-4-8-17)18-9-5-2-6-10-18/h1-10,16,19H,11-15,20H2/t16-/m1/s1. The summed E-state index contributed by atoms with van der Waals surface area (Å²) in [4.78, 5) is 2.57. The molecule has 0 unspecified atom stereocenters. The van der Waals surface area contributed by atoms with Gasteiger partial charge in [-0.3, -0.25) is 0 Å². The number of hydrogen-bond donors (Lipinski definition) is 1. The van der Waals surface area contributed by atoms with E-state index in [9.17, 15) is 0 Å². The van der Waals surface area contributed by atoms with Gasteiger partial charge in [0.1, 0.15) is 0 Å². The molecular formula is C19H24N2. The van der Waals surface area contributed by atoms with Crippen LogP contribution in [0.3, 0.4) is 0 Å². The van der Waals surface area contributed by atoms with Crippen LogP contribution >= 0.6 is 0 Å². The second kappa shape index (κ2) is 6.88. The van der Waals surface area contributed by atoms with Gasteiger partial charge in [0.2, 0.25) is 0 Å². The van der Waals surface area contributed by atoms with E-state index < -0.39 is 0 Å². The minimum absolute atomic E-state index is 0.448. The normalized spacial score (nSPS) is 19.2. The summed E-state index contributed by atoms with van der Waals surface area (Å²) in [5, 5.41) is 0. The second-order valence-corrected chi connectivity index (χ2v) is 6.02. The fourth-order valence-electron chi connectivity index (χ4n) is 3.30. The van der Waals surface area contributed by atoms with Crippen LogP contribution in [0, 0.1) is 5.92 Å². The van der Waals surface area contributed by atoms with Crippen LogP contribution in [0.1, 0.15) is 23.5 Å². The van der Waals surface area contributed by atoms with Gasteiger partial charge in [-0.1, -0.05) is 60.7 Å². The Hall–Kier alpha value is -1.64. The first kappa shape index (κ1) is 14.3. The Labute approximate surface area is 127 Å². The van der Waals surface area contributed by atoms with Crippen LogP contribution in [0.5, 0.6) is 0 Å². The van der Waals surface area contributed by atoms with Gasteiger partial charge in [-0.2, -0.15) is 0 Å². The highest BCUT2D eigenvalue weighted by molar-refractivity contribution is 5.32. The Balaban J connectivity index is 1.80. The summed E-state index contributed by atoms with van der Waals surface area (Å²) in [5.74, 6) is 1.13. The summed E-state index contributed by atoms with van der Waals surface area (Å²) in [5.41, 5.74) is 8.63. The molecule has 0 radical (unpaired) electrons. The predicted molar refractivity (Wildman–Crippen MR) is 88.3 cm³/mol. The van der Waals surface area contributed by atoms with Crippen LogP contribution in [0.25, 0.3) is 0 Å². The number of likely N-dealkylation sites (tertiary alicyclic amines) is 1. The Bertz CT molecular complexity index is 499. The molecule has 2 nitrogen and oxygen atoms in total. The molecule has 0 aromatic heterocycles. The van der Waals surface area contributed by atoms with Crippen LogP contribution in [0.15, 0.2) is 60.7 Å². The van der Waals surface area contributed by atoms with Crippen LogP contribution in [-0.2, 0) is 0 Å². The van der Waals surface area contributed by atoms with Crippen molar-refractivity contribution < 1.29 is 0 Å². The maximum Gasteiger partial charge on any atom is 0.0217 e. The maximum atomic E-state index is 5.82. The van der Waals surface area contributed by atoms with Crippen molar-refractivity contribution in [2.24, 2.45) is 11.7 Å². The first-order valence-corrected chi connectivity index (χ1v) is 7.89. The molecule has 1 saturated heterocycles. The topological polar surface area (TPSA) is 29.3 Å². The third-order valence-corrected chi connectivity index (χ3v) is 4.55. The van der Waals surface area contributed by atoms with Crippen molar-refractivity contribution in [3.05, 3.63) is 71.8 Å². The molecule has 2 heteroatoms. The molecule has 0 amide bonds. The molecule has 1 aliphatic rings. The Morgan fingerprint density at radius 3 is 2.00 bits per heavy atom. The molecule has 2 aromatic rings. The van der Waals surface area contributed by atoms with Crippen LogP contribution in [0.2, 0.25) is 0 Å². The van der Waals surface area contributed by atoms with E-state index in [1.165, 1.54) is 24.1 Å². The minimum Gasteiger partial charge on any atom is -0.330 e. The summed E-state index contributed by atoms with van der Waals surface area (Å²) in [6.07, 6.45) is 1.24. The minimum atomic E-state index is 0.448. The first-order chi connectivity index (χ1) is 10.4. The third-order valence-electron chi connectivity index (χ3n) is 4.55. The van der Waals surface area contributed by atoms with Gasteiger partial charge in [0.15, 0.2) is 0 Å². The lowest BCUT2D eigenvalue weighted by atomic mass is 9.91. The first-order valence-electron chi connectivity index (χ1n) is 7.89. The van der Waals surface area contributed by atoms with Crippen molar-refractivity contribution >= 4 is 0 Å². The van der Waals surface area contributed by atoms with Gasteiger partial charge < -0.3 is 10.6 Å². The zero-order chi connectivity index (χ0) is 14.5. The highest BCUT2D eigenvalue weighted by atomic mass is 15.1. The number of nitrogens with two attached hydrogens (primary N) is 1. The highest BCUT2D eigenvalue weighted by Crippen LogP contribution is 2.27. The van der Waals surface area contributed by atoms with E-state index in [4.69, 9.17) is 5.73 Å². The number of hydrogen-bond acceptors (Lipinski definition) is 2. The van der Waals surface area contributed by atoms with E-state index in [0.717, 1.165) is 19.6 Å². The molecule has 0 aliphatic carbocycles. The Morgan fingerprint density at radius 1 is 0.952 bits per heavy atom. The van der Waals surface area contributed by atoms with Crippen LogP contribution in [-0.4, -0.2) is 31.1 Å². The van der Waals surface area contributed by atoms with Gasteiger partial charge in [0.25, 0.3) is 0 Å². The van der Waals surface area contributed by atoms with Gasteiger partial charge in [0.05, 0.1) is 0 Å². The average molecular weight is 280 g/mol. The molecule has 1 fully saturated rings. The highest BCUT2D eigenvalue weighted by Gasteiger charge is 2.25. The lowest BCUT2D eigenvalue weighted by Gasteiger charge is -2.25. The number of rotatable bonds is 5. The summed E-state index contributed by atoms with van der Waals surface area (Å²) < 4.78 is 0. The van der Waals surface area contributed by atoms with Crippen molar-refractivity contribution in [3.63, 3.8) is 0 Å². The fourth-order valence-corrected chi connectivity index (χ4v) is 3.30. The summed E-state index contributed by atoms with van der Waals surface area (Å²) in [6, 6.07) is 21.7. The van der Waals surface area contributed by atoms with Gasteiger partial charge in [-0.25, -0.2) is 0 Å². The molecule has 1 heterocycles. The van der Waals surface area contributed by atoms with Gasteiger partial charge in [0, 0.05) is 19.0 Å². The zero-order valence-corrected chi connectivity index (χ0v) is 12.5. The van der Waals surface area contributed by atoms with Gasteiger partial charge in [-0.05, 0) is 36.6 Å². The summed E-state index contributed by atoms with van der Waals surface area (Å²) in [7, 11) is 0. The third kappa shape index (κ3) is 3.52. The molecule has 0 spiro atoms. The molecule has 110 valence electrons. The largest absolute Gasteiger partial charge is 0.330 e. The smallest absolute Gasteiger partial charge is 0.0217 e. The molecule has 2 aromatic carbocycles. The molecule has 1 atom stereocenters. The zero-order valence-electron chi connectivity index (χ0n) is 12.5. The molecule has 0 saturated carbocycles. The van der Waals surface area contributed by atoms with E-state index in [0.29, 0.717) is 11.8 Å². The fraction of sp³-hybridized carbons (Fsp3) is 0.368. The van der Waals surface area contributed by atoms with Gasteiger partial charge in [-0.15, -0.1) is 0 Å². The molecule has 1 aliphatic heterocycles. The predicted octanol–water partition coefficient (Wildman–Crippen LogP) is 3.10. The van der Waals surface area contributed by atoms with E-state index >= 15 is 0 Å². The number of benzene rings is 2. The lowest BCUT2D eigenvalue weighted by Crippen LogP contribution is -2.28. The average Bonchev–Trinajstić information content (AvgIpc) is 3.02. The van der Waals surface area contributed by atoms with E-state index in [-0.39, 0.29) is 0 Å². The van der Waals surface area contributed by atoms with E-state index in [1.54, 1.807) is 0 Å². The monoisotopic (exact) mass is 280 g/mol. The molecule has 3 rings (SSSR count). The SMILES string of the molecule is NC[C@H]1CCN(CC(c2ccccc2)c2ccccc2)C1. The summed E-state index contributed by atoms with van der Waals surface area (Å²) in [6.45, 7) is 4.23. The molecule has 0 bridgehead atoms. The molecular weight excluding hydrogens is 256 g/mol. The molecule has 2 N–H and O–H groups in total. The van der Waals surface area contributed by atoms with Crippen molar-refractivity contribution in [3.8, 4) is 0 Å². The van der Waals surface area contributed by atoms with E-state index in [1.807, 2.05) is 0 Å². The number of nitrogens with zero attached hydrogens (tertiary/aromatic N) is 1. The second-order valence-electron chi connectivity index (χ2n) is 6.02. The molecule has 21 heavy (non-hydrogen) atoms. The lowest BCUT2D eigenvalue weighted by molar-refractivity contribution is 0.315. The Kier molecular flexibility index (Phi) is 4.69. The summed E-state index contributed by atoms with van der Waals surface area (Å²) >= 11 is 0. The quantitative estimate of drug-likeness (QED) is 0.912. The van der Waals surface area contributed by atoms with Crippen molar-refractivity contribution in [1.82, 2.24) is 4.90 Å². The maximum absolute atomic E-state index is 5.82. The van der Waals surface area contributed by atoms with Crippen molar-refractivity contribution in [2.75, 3.05) is 26.2 Å². The Morgan fingerprint density at radius 2 is 1.52 bits per heavy atom. The van der Waals surface area contributed by atoms with Crippen molar-refractivity contribution in [2.45, 2.75) is 12.3 Å². The van der Waals surface area contributed by atoms with Crippen LogP contribution in [0.4, 0.5) is 0 Å². The van der Waals surface area contributed by atoms with E-state index in [2.05, 4.69) is 65.6 Å². The van der Waals surface area contributed by atoms with Crippen LogP contribution < -0.4 is 5.73 Å².